The average molecular weight is 269 g/mol. The van der Waals surface area contributed by atoms with E-state index >= 15 is 0 Å². The van der Waals surface area contributed by atoms with Crippen LogP contribution in [-0.4, -0.2) is 4.69 Å². The van der Waals surface area contributed by atoms with Gasteiger partial charge >= 0.3 is 0 Å². The SMILES string of the molecule is CCCC[C@H](Cc1ccccc1)C(=O)Br. The van der Waals surface area contributed by atoms with Crippen LogP contribution in [0.25, 0.3) is 0 Å². The van der Waals surface area contributed by atoms with Crippen LogP contribution in [0.4, 0.5) is 0 Å². The number of rotatable bonds is 6. The topological polar surface area (TPSA) is 17.1 Å². The van der Waals surface area contributed by atoms with E-state index in [1.54, 1.807) is 0 Å². The normalized spacial score (nSPS) is 12.4. The van der Waals surface area contributed by atoms with Gasteiger partial charge in [0.15, 0.2) is 0 Å². The van der Waals surface area contributed by atoms with Crippen LogP contribution in [-0.2, 0) is 11.2 Å². The molecule has 1 nitrogen and oxygen atoms in total. The van der Waals surface area contributed by atoms with Crippen molar-refractivity contribution in [3.63, 3.8) is 0 Å². The minimum Gasteiger partial charge on any atom is -0.286 e. The van der Waals surface area contributed by atoms with Gasteiger partial charge in [-0.25, -0.2) is 0 Å². The quantitative estimate of drug-likeness (QED) is 0.714. The number of carbonyl (C=O) groups is 1. The number of halogens is 1. The molecule has 1 aromatic carbocycles. The molecule has 82 valence electrons. The molecule has 1 aromatic rings. The Labute approximate surface area is 100 Å². The van der Waals surface area contributed by atoms with Gasteiger partial charge in [0.05, 0.1) is 0 Å². The van der Waals surface area contributed by atoms with E-state index in [4.69, 9.17) is 0 Å². The Bertz CT molecular complexity index is 295. The monoisotopic (exact) mass is 268 g/mol. The van der Waals surface area contributed by atoms with Crippen LogP contribution in [0.1, 0.15) is 31.7 Å². The van der Waals surface area contributed by atoms with E-state index in [1.807, 2.05) is 18.2 Å². The summed E-state index contributed by atoms with van der Waals surface area (Å²) >= 11 is 3.09. The van der Waals surface area contributed by atoms with Gasteiger partial charge in [-0.15, -0.1) is 0 Å². The molecule has 15 heavy (non-hydrogen) atoms. The van der Waals surface area contributed by atoms with Gasteiger partial charge in [0.25, 0.3) is 0 Å². The van der Waals surface area contributed by atoms with Crippen molar-refractivity contribution in [3.05, 3.63) is 35.9 Å². The maximum atomic E-state index is 11.4. The van der Waals surface area contributed by atoms with Crippen molar-refractivity contribution in [3.8, 4) is 0 Å². The van der Waals surface area contributed by atoms with Gasteiger partial charge in [0.2, 0.25) is 4.69 Å². The molecule has 2 heteroatoms. The second-order valence-electron chi connectivity index (χ2n) is 3.83. The van der Waals surface area contributed by atoms with Crippen molar-refractivity contribution in [1.82, 2.24) is 0 Å². The summed E-state index contributed by atoms with van der Waals surface area (Å²) < 4.78 is 0.139. The molecule has 0 saturated heterocycles. The molecule has 1 rings (SSSR count). The fourth-order valence-electron chi connectivity index (χ4n) is 1.64. The highest BCUT2D eigenvalue weighted by atomic mass is 79.9. The first-order valence-corrected chi connectivity index (χ1v) is 6.26. The predicted octanol–water partition coefficient (Wildman–Crippen LogP) is 3.96. The molecule has 0 amide bonds. The molecular formula is C13H17BrO. The van der Waals surface area contributed by atoms with Crippen LogP contribution in [0.15, 0.2) is 30.3 Å². The molecule has 0 fully saturated rings. The lowest BCUT2D eigenvalue weighted by Gasteiger charge is -2.11. The molecule has 0 N–H and O–H groups in total. The molecule has 1 atom stereocenters. The van der Waals surface area contributed by atoms with E-state index in [0.29, 0.717) is 0 Å². The Morgan fingerprint density at radius 2 is 2.00 bits per heavy atom. The second kappa shape index (κ2) is 6.78. The third kappa shape index (κ3) is 4.61. The van der Waals surface area contributed by atoms with E-state index in [1.165, 1.54) is 5.56 Å². The highest BCUT2D eigenvalue weighted by molar-refractivity contribution is 9.18. The summed E-state index contributed by atoms with van der Waals surface area (Å²) in [5.41, 5.74) is 1.24. The molecule has 0 heterocycles. The summed E-state index contributed by atoms with van der Waals surface area (Å²) in [4.78, 5) is 11.4. The van der Waals surface area contributed by atoms with Gasteiger partial charge in [-0.2, -0.15) is 0 Å². The Hall–Kier alpha value is -0.630. The zero-order valence-corrected chi connectivity index (χ0v) is 10.7. The van der Waals surface area contributed by atoms with Crippen LogP contribution < -0.4 is 0 Å². The van der Waals surface area contributed by atoms with E-state index in [2.05, 4.69) is 35.0 Å². The molecular weight excluding hydrogens is 252 g/mol. The largest absolute Gasteiger partial charge is 0.286 e. The van der Waals surface area contributed by atoms with Gasteiger partial charge in [0.1, 0.15) is 0 Å². The van der Waals surface area contributed by atoms with Gasteiger partial charge < -0.3 is 0 Å². The predicted molar refractivity (Wildman–Crippen MR) is 67.1 cm³/mol. The van der Waals surface area contributed by atoms with E-state index in [0.717, 1.165) is 25.7 Å². The fourth-order valence-corrected chi connectivity index (χ4v) is 2.04. The summed E-state index contributed by atoms with van der Waals surface area (Å²) in [6, 6.07) is 10.2. The third-order valence-electron chi connectivity index (χ3n) is 2.55. The Morgan fingerprint density at radius 3 is 2.53 bits per heavy atom. The average Bonchev–Trinajstić information content (AvgIpc) is 2.25. The second-order valence-corrected chi connectivity index (χ2v) is 4.61. The first kappa shape index (κ1) is 12.4. The lowest BCUT2D eigenvalue weighted by molar-refractivity contribution is -0.113. The fraction of sp³-hybridized carbons (Fsp3) is 0.462. The number of unbranched alkanes of at least 4 members (excludes halogenated alkanes) is 1. The van der Waals surface area contributed by atoms with Crippen molar-refractivity contribution in [2.45, 2.75) is 32.6 Å². The van der Waals surface area contributed by atoms with Crippen molar-refractivity contribution >= 4 is 20.6 Å². The van der Waals surface area contributed by atoms with E-state index in [9.17, 15) is 4.79 Å². The third-order valence-corrected chi connectivity index (χ3v) is 3.20. The number of benzene rings is 1. The Kier molecular flexibility index (Phi) is 5.62. The van der Waals surface area contributed by atoms with Crippen LogP contribution in [0.5, 0.6) is 0 Å². The van der Waals surface area contributed by atoms with Gasteiger partial charge in [-0.05, 0) is 34.3 Å². The maximum Gasteiger partial charge on any atom is 0.201 e. The summed E-state index contributed by atoms with van der Waals surface area (Å²) in [6.45, 7) is 2.15. The smallest absolute Gasteiger partial charge is 0.201 e. The first-order valence-electron chi connectivity index (χ1n) is 5.47. The summed E-state index contributed by atoms with van der Waals surface area (Å²) in [5.74, 6) is 0.132. The minimum atomic E-state index is 0.132. The minimum absolute atomic E-state index is 0.132. The van der Waals surface area contributed by atoms with Gasteiger partial charge in [-0.3, -0.25) is 4.79 Å². The lowest BCUT2D eigenvalue weighted by Crippen LogP contribution is -2.11. The number of carbonyl (C=O) groups excluding carboxylic acids is 1. The van der Waals surface area contributed by atoms with Crippen molar-refractivity contribution in [2.75, 3.05) is 0 Å². The highest BCUT2D eigenvalue weighted by Crippen LogP contribution is 2.18. The first-order chi connectivity index (χ1) is 7.24. The number of hydrogen-bond donors (Lipinski definition) is 0. The molecule has 0 spiro atoms. The highest BCUT2D eigenvalue weighted by Gasteiger charge is 2.15. The summed E-state index contributed by atoms with van der Waals surface area (Å²) in [7, 11) is 0. The van der Waals surface area contributed by atoms with Crippen LogP contribution in [0.2, 0.25) is 0 Å². The Balaban J connectivity index is 2.55. The standard InChI is InChI=1S/C13H17BrO/c1-2-3-9-12(13(14)15)10-11-7-5-4-6-8-11/h4-8,12H,2-3,9-10H2,1H3/t12-/m1/s1. The van der Waals surface area contributed by atoms with Crippen molar-refractivity contribution in [1.29, 1.82) is 0 Å². The molecule has 0 bridgehead atoms. The molecule has 0 aliphatic carbocycles. The zero-order valence-electron chi connectivity index (χ0n) is 9.08. The molecule has 0 aromatic heterocycles. The summed E-state index contributed by atoms with van der Waals surface area (Å²) in [5, 5.41) is 0. The van der Waals surface area contributed by atoms with Crippen molar-refractivity contribution in [2.24, 2.45) is 5.92 Å². The summed E-state index contributed by atoms with van der Waals surface area (Å²) in [6.07, 6.45) is 4.10. The lowest BCUT2D eigenvalue weighted by atomic mass is 9.95. The molecule has 0 saturated carbocycles. The van der Waals surface area contributed by atoms with Gasteiger partial charge in [0, 0.05) is 5.92 Å². The molecule has 0 unspecified atom stereocenters. The number of hydrogen-bond acceptors (Lipinski definition) is 1. The molecule has 0 aliphatic heterocycles. The van der Waals surface area contributed by atoms with Crippen LogP contribution in [0.3, 0.4) is 0 Å². The van der Waals surface area contributed by atoms with Crippen molar-refractivity contribution < 1.29 is 4.79 Å². The molecule has 0 aliphatic rings. The van der Waals surface area contributed by atoms with Gasteiger partial charge in [-0.1, -0.05) is 50.1 Å². The van der Waals surface area contributed by atoms with E-state index < -0.39 is 0 Å². The van der Waals surface area contributed by atoms with Crippen LogP contribution >= 0.6 is 15.9 Å². The zero-order chi connectivity index (χ0) is 11.1. The Morgan fingerprint density at radius 1 is 1.33 bits per heavy atom. The van der Waals surface area contributed by atoms with E-state index in [-0.39, 0.29) is 10.6 Å². The molecule has 0 radical (unpaired) electrons. The maximum absolute atomic E-state index is 11.4. The van der Waals surface area contributed by atoms with Crippen LogP contribution in [0, 0.1) is 5.92 Å².